The zero-order valence-electron chi connectivity index (χ0n) is 10.1. The molecule has 2 heterocycles. The number of carboxylic acids is 1. The van der Waals surface area contributed by atoms with Gasteiger partial charge >= 0.3 is 12.1 Å². The molecule has 7 nitrogen and oxygen atoms in total. The second kappa shape index (κ2) is 3.84. The molecule has 1 fully saturated rings. The molecule has 1 aliphatic carbocycles. The second-order valence-corrected chi connectivity index (χ2v) is 5.00. The van der Waals surface area contributed by atoms with Gasteiger partial charge in [0.05, 0.1) is 11.9 Å². The fourth-order valence-electron chi connectivity index (χ4n) is 2.91. The van der Waals surface area contributed by atoms with Gasteiger partial charge in [0.25, 0.3) is 0 Å². The number of aliphatic carboxylic acids is 1. The molecule has 0 radical (unpaired) electrons. The van der Waals surface area contributed by atoms with Crippen LogP contribution in [0.5, 0.6) is 0 Å². The number of nitrogens with zero attached hydrogens (tertiary/aromatic N) is 2. The highest BCUT2D eigenvalue weighted by Gasteiger charge is 2.49. The number of fused-ring (bicyclic) bond motifs is 2. The first-order chi connectivity index (χ1) is 9.03. The summed E-state index contributed by atoms with van der Waals surface area (Å²) in [5.74, 6) is -0.975. The van der Waals surface area contributed by atoms with Gasteiger partial charge in [0.2, 0.25) is 0 Å². The molecule has 3 N–H and O–H groups in total. The van der Waals surface area contributed by atoms with Crippen molar-refractivity contribution in [1.82, 2.24) is 15.1 Å². The van der Waals surface area contributed by atoms with Crippen LogP contribution in [0.4, 0.5) is 4.79 Å². The zero-order valence-corrected chi connectivity index (χ0v) is 10.1. The zero-order chi connectivity index (χ0) is 13.6. The Morgan fingerprint density at radius 2 is 2.21 bits per heavy atom. The lowest BCUT2D eigenvalue weighted by Gasteiger charge is -2.42. The van der Waals surface area contributed by atoms with E-state index in [0.717, 1.165) is 16.8 Å². The monoisotopic (exact) mass is 263 g/mol. The van der Waals surface area contributed by atoms with Gasteiger partial charge in [0.1, 0.15) is 5.41 Å². The predicted molar refractivity (Wildman–Crippen MR) is 64.6 cm³/mol. The van der Waals surface area contributed by atoms with Crippen molar-refractivity contribution in [2.75, 3.05) is 13.1 Å². The van der Waals surface area contributed by atoms with Crippen LogP contribution in [-0.2, 0) is 11.2 Å². The van der Waals surface area contributed by atoms with E-state index in [-0.39, 0.29) is 13.0 Å². The van der Waals surface area contributed by atoms with Crippen molar-refractivity contribution in [3.05, 3.63) is 23.0 Å². The molecule has 0 bridgehead atoms. The lowest BCUT2D eigenvalue weighted by atomic mass is 9.68. The van der Waals surface area contributed by atoms with Crippen LogP contribution in [0.2, 0.25) is 0 Å². The first-order valence-electron chi connectivity index (χ1n) is 5.97. The van der Waals surface area contributed by atoms with E-state index in [1.807, 2.05) is 0 Å². The highest BCUT2D eigenvalue weighted by molar-refractivity contribution is 5.84. The standard InChI is InChI=1S/C12H13N3O4/c16-10(17)12-4-7-5-13-14-9(7)3-8(12)1-2-15(6-12)11(18)19/h3,5H,1-2,4,6H2,(H,13,14)(H,16,17)(H,18,19). The van der Waals surface area contributed by atoms with Gasteiger partial charge in [0.15, 0.2) is 0 Å². The molecule has 1 saturated heterocycles. The van der Waals surface area contributed by atoms with Crippen LogP contribution in [0.15, 0.2) is 11.8 Å². The maximum atomic E-state index is 11.7. The lowest BCUT2D eigenvalue weighted by molar-refractivity contribution is -0.148. The van der Waals surface area contributed by atoms with Crippen LogP contribution in [0.3, 0.4) is 0 Å². The summed E-state index contributed by atoms with van der Waals surface area (Å²) in [6, 6.07) is 0. The molecule has 100 valence electrons. The van der Waals surface area contributed by atoms with Crippen molar-refractivity contribution >= 4 is 18.1 Å². The summed E-state index contributed by atoms with van der Waals surface area (Å²) in [6.45, 7) is 0.327. The van der Waals surface area contributed by atoms with Gasteiger partial charge in [-0.05, 0) is 30.1 Å². The number of carbonyl (C=O) groups is 2. The molecular formula is C12H13N3O4. The topological polar surface area (TPSA) is 107 Å². The van der Waals surface area contributed by atoms with Crippen LogP contribution < -0.4 is 0 Å². The molecule has 0 spiro atoms. The number of piperidine rings is 1. The van der Waals surface area contributed by atoms with Crippen molar-refractivity contribution in [3.63, 3.8) is 0 Å². The van der Waals surface area contributed by atoms with Crippen LogP contribution in [-0.4, -0.2) is 50.5 Å². The SMILES string of the molecule is O=C(O)N1CCC2=Cc3[nH]ncc3CC2(C(=O)O)C1. The van der Waals surface area contributed by atoms with Gasteiger partial charge in [-0.1, -0.05) is 0 Å². The van der Waals surface area contributed by atoms with E-state index in [4.69, 9.17) is 5.11 Å². The summed E-state index contributed by atoms with van der Waals surface area (Å²) in [4.78, 5) is 24.0. The second-order valence-electron chi connectivity index (χ2n) is 5.00. The average Bonchev–Trinajstić information content (AvgIpc) is 2.81. The maximum absolute atomic E-state index is 11.7. The summed E-state index contributed by atoms with van der Waals surface area (Å²) in [5, 5.41) is 25.4. The number of likely N-dealkylation sites (tertiary alicyclic amines) is 1. The molecule has 19 heavy (non-hydrogen) atoms. The summed E-state index contributed by atoms with van der Waals surface area (Å²) in [5.41, 5.74) is 1.27. The summed E-state index contributed by atoms with van der Waals surface area (Å²) < 4.78 is 0. The van der Waals surface area contributed by atoms with Crippen molar-refractivity contribution in [1.29, 1.82) is 0 Å². The minimum Gasteiger partial charge on any atom is -0.481 e. The minimum absolute atomic E-state index is 0.00583. The number of carboxylic acid groups (broad SMARTS) is 2. The Morgan fingerprint density at radius 1 is 1.42 bits per heavy atom. The Kier molecular flexibility index (Phi) is 2.38. The Labute approximate surface area is 108 Å². The Hall–Kier alpha value is -2.31. The van der Waals surface area contributed by atoms with Gasteiger partial charge in [-0.2, -0.15) is 5.10 Å². The van der Waals surface area contributed by atoms with E-state index in [0.29, 0.717) is 13.0 Å². The first-order valence-corrected chi connectivity index (χ1v) is 5.97. The normalized spacial score (nSPS) is 25.3. The smallest absolute Gasteiger partial charge is 0.407 e. The molecule has 1 aromatic heterocycles. The number of H-pyrrole nitrogens is 1. The number of amides is 1. The summed E-state index contributed by atoms with van der Waals surface area (Å²) in [6.07, 6.45) is 3.06. The van der Waals surface area contributed by atoms with E-state index in [2.05, 4.69) is 10.2 Å². The third-order valence-corrected chi connectivity index (χ3v) is 3.97. The van der Waals surface area contributed by atoms with E-state index in [1.165, 1.54) is 4.90 Å². The summed E-state index contributed by atoms with van der Waals surface area (Å²) in [7, 11) is 0. The number of aromatic nitrogens is 2. The molecule has 1 amide bonds. The van der Waals surface area contributed by atoms with Crippen molar-refractivity contribution < 1.29 is 19.8 Å². The quantitative estimate of drug-likeness (QED) is 0.695. The Bertz CT molecular complexity index is 592. The molecule has 1 aromatic rings. The highest BCUT2D eigenvalue weighted by Crippen LogP contribution is 2.43. The molecule has 2 aliphatic rings. The third-order valence-electron chi connectivity index (χ3n) is 3.97. The number of nitrogens with one attached hydrogen (secondary N) is 1. The lowest BCUT2D eigenvalue weighted by Crippen LogP contribution is -2.52. The largest absolute Gasteiger partial charge is 0.481 e. The van der Waals surface area contributed by atoms with Gasteiger partial charge in [-0.3, -0.25) is 9.89 Å². The van der Waals surface area contributed by atoms with E-state index in [9.17, 15) is 14.7 Å². The average molecular weight is 263 g/mol. The molecular weight excluding hydrogens is 250 g/mol. The van der Waals surface area contributed by atoms with Crippen molar-refractivity contribution in [2.24, 2.45) is 5.41 Å². The van der Waals surface area contributed by atoms with Crippen LogP contribution in [0, 0.1) is 5.41 Å². The molecule has 3 rings (SSSR count). The number of hydrogen-bond donors (Lipinski definition) is 3. The van der Waals surface area contributed by atoms with Gasteiger partial charge in [0, 0.05) is 13.1 Å². The van der Waals surface area contributed by atoms with Crippen LogP contribution in [0.25, 0.3) is 6.08 Å². The number of hydrogen-bond acceptors (Lipinski definition) is 3. The van der Waals surface area contributed by atoms with E-state index in [1.54, 1.807) is 12.3 Å². The van der Waals surface area contributed by atoms with E-state index >= 15 is 0 Å². The van der Waals surface area contributed by atoms with Crippen LogP contribution >= 0.6 is 0 Å². The minimum atomic E-state index is -1.15. The molecule has 7 heteroatoms. The maximum Gasteiger partial charge on any atom is 0.407 e. The molecule has 0 aromatic carbocycles. The summed E-state index contributed by atoms with van der Waals surface area (Å²) >= 11 is 0. The van der Waals surface area contributed by atoms with Crippen LogP contribution in [0.1, 0.15) is 17.7 Å². The van der Waals surface area contributed by atoms with Crippen molar-refractivity contribution in [2.45, 2.75) is 12.8 Å². The molecule has 1 aliphatic heterocycles. The Balaban J connectivity index is 2.06. The van der Waals surface area contributed by atoms with Gasteiger partial charge in [-0.15, -0.1) is 0 Å². The molecule has 0 saturated carbocycles. The molecule has 1 unspecified atom stereocenters. The number of rotatable bonds is 1. The fraction of sp³-hybridized carbons (Fsp3) is 0.417. The van der Waals surface area contributed by atoms with E-state index < -0.39 is 17.5 Å². The van der Waals surface area contributed by atoms with Crippen molar-refractivity contribution in [3.8, 4) is 0 Å². The molecule has 1 atom stereocenters. The predicted octanol–water partition coefficient (Wildman–Crippen LogP) is 0.804. The Morgan fingerprint density at radius 3 is 2.89 bits per heavy atom. The van der Waals surface area contributed by atoms with Gasteiger partial charge < -0.3 is 15.1 Å². The number of aromatic amines is 1. The fourth-order valence-corrected chi connectivity index (χ4v) is 2.91. The third kappa shape index (κ3) is 1.61. The van der Waals surface area contributed by atoms with Gasteiger partial charge in [-0.25, -0.2) is 4.79 Å². The highest BCUT2D eigenvalue weighted by atomic mass is 16.4. The first kappa shape index (κ1) is 11.8.